The number of anilines is 2. The van der Waals surface area contributed by atoms with Gasteiger partial charge in [0.1, 0.15) is 10.5 Å². The predicted octanol–water partition coefficient (Wildman–Crippen LogP) is 1.50. The number of carboxylic acid groups (broad SMARTS) is 1. The SMILES string of the molecule is N=Nc1ccc2c(c1)S(=O)(=O)NS(=O)(=O)c1c-2ccc(Nc2c(-c3ccc(C(N)=O)c(C(N)=O)c3)ccc(C(N)=O)c2C(N)=O)c1C(=O)O. The molecule has 1 aliphatic heterocycles. The van der Waals surface area contributed by atoms with Gasteiger partial charge in [0.15, 0.2) is 0 Å². The minimum absolute atomic E-state index is 0.0517. The first kappa shape index (κ1) is 33.8. The third-order valence-corrected chi connectivity index (χ3v) is 11.0. The molecule has 0 spiro atoms. The smallest absolute Gasteiger partial charge is 0.339 e. The Kier molecular flexibility index (Phi) is 8.24. The molecule has 12 N–H and O–H groups in total. The molecule has 0 radical (unpaired) electrons. The maximum Gasteiger partial charge on any atom is 0.339 e. The molecule has 0 atom stereocenters. The zero-order valence-electron chi connectivity index (χ0n) is 24.5. The van der Waals surface area contributed by atoms with E-state index < -0.39 is 87.5 Å². The van der Waals surface area contributed by atoms with Crippen LogP contribution in [0.25, 0.3) is 22.3 Å². The van der Waals surface area contributed by atoms with E-state index in [-0.39, 0.29) is 39.1 Å². The first-order chi connectivity index (χ1) is 22.9. The van der Waals surface area contributed by atoms with Crippen LogP contribution in [0.2, 0.25) is 0 Å². The fraction of sp³-hybridized carbons (Fsp3) is 0. The molecular formula is C29H22N8O10S2. The zero-order valence-corrected chi connectivity index (χ0v) is 26.1. The Morgan fingerprint density at radius 2 is 1.27 bits per heavy atom. The van der Waals surface area contributed by atoms with Crippen molar-refractivity contribution < 1.29 is 45.9 Å². The third kappa shape index (κ3) is 5.81. The number of hydrogen-bond donors (Lipinski definition) is 8. The van der Waals surface area contributed by atoms with Crippen LogP contribution in [-0.2, 0) is 20.0 Å². The summed E-state index contributed by atoms with van der Waals surface area (Å²) >= 11 is 0. The van der Waals surface area contributed by atoms with E-state index in [0.29, 0.717) is 0 Å². The monoisotopic (exact) mass is 706 g/mol. The Morgan fingerprint density at radius 3 is 1.84 bits per heavy atom. The number of sulfonamides is 2. The molecule has 0 fully saturated rings. The molecule has 0 aromatic heterocycles. The predicted molar refractivity (Wildman–Crippen MR) is 170 cm³/mol. The van der Waals surface area contributed by atoms with Crippen molar-refractivity contribution in [3.8, 4) is 22.3 Å². The van der Waals surface area contributed by atoms with Gasteiger partial charge >= 0.3 is 5.97 Å². The Hall–Kier alpha value is -6.51. The number of nitrogens with one attached hydrogen (secondary N) is 3. The molecule has 1 aliphatic rings. The molecule has 0 unspecified atom stereocenters. The third-order valence-electron chi connectivity index (χ3n) is 7.37. The number of benzene rings is 4. The van der Waals surface area contributed by atoms with E-state index in [9.17, 15) is 45.9 Å². The minimum Gasteiger partial charge on any atom is -0.478 e. The number of amides is 4. The quantitative estimate of drug-likeness (QED) is 0.115. The number of primary amides is 4. The first-order valence-electron chi connectivity index (χ1n) is 13.4. The van der Waals surface area contributed by atoms with Crippen molar-refractivity contribution in [1.29, 1.82) is 5.53 Å². The normalized spacial score (nSPS) is 14.0. The van der Waals surface area contributed by atoms with E-state index >= 15 is 0 Å². The lowest BCUT2D eigenvalue weighted by atomic mass is 9.92. The highest BCUT2D eigenvalue weighted by Crippen LogP contribution is 2.43. The Balaban J connectivity index is 1.87. The molecule has 4 aromatic carbocycles. The van der Waals surface area contributed by atoms with E-state index in [4.69, 9.17) is 28.5 Å². The second kappa shape index (κ2) is 11.9. The van der Waals surface area contributed by atoms with Gasteiger partial charge < -0.3 is 33.4 Å². The number of nitrogens with zero attached hydrogens (tertiary/aromatic N) is 1. The number of carbonyl (C=O) groups is 5. The van der Waals surface area contributed by atoms with Crippen LogP contribution >= 0.6 is 0 Å². The molecule has 0 bridgehead atoms. The van der Waals surface area contributed by atoms with Crippen LogP contribution in [0, 0.1) is 5.53 Å². The highest BCUT2D eigenvalue weighted by atomic mass is 32.3. The van der Waals surface area contributed by atoms with Crippen LogP contribution < -0.4 is 32.4 Å². The highest BCUT2D eigenvalue weighted by molar-refractivity contribution is 8.05. The number of carboxylic acids is 1. The van der Waals surface area contributed by atoms with E-state index in [1.54, 1.807) is 0 Å². The van der Waals surface area contributed by atoms with Crippen molar-refractivity contribution in [2.75, 3.05) is 5.32 Å². The van der Waals surface area contributed by atoms with Crippen molar-refractivity contribution in [2.45, 2.75) is 9.79 Å². The number of rotatable bonds is 9. The fourth-order valence-electron chi connectivity index (χ4n) is 5.35. The molecule has 0 saturated carbocycles. The van der Waals surface area contributed by atoms with Gasteiger partial charge in [0.05, 0.1) is 44.2 Å². The number of aromatic carboxylic acids is 1. The van der Waals surface area contributed by atoms with Gasteiger partial charge in [-0.15, -0.1) is 4.13 Å². The van der Waals surface area contributed by atoms with Gasteiger partial charge in [-0.25, -0.2) is 27.2 Å². The lowest BCUT2D eigenvalue weighted by Gasteiger charge is -2.21. The summed E-state index contributed by atoms with van der Waals surface area (Å²) in [5.41, 5.74) is 24.8. The van der Waals surface area contributed by atoms with Crippen LogP contribution in [0.15, 0.2) is 75.6 Å². The summed E-state index contributed by atoms with van der Waals surface area (Å²) in [7, 11) is -10.1. The standard InChI is InChI=1S/C29H22N8O10S2/c30-25(38)16-3-1-11(9-18(16)27(32)40)13-5-6-17(26(31)39)21(28(33)41)23(13)35-19-8-7-15-14-4-2-12(36-34)10-20(14)48(44,45)37-49(46,47)24(15)22(19)29(42)43/h1-10,34-35,37H,(H2,30,38)(H2,31,39)(H2,32,40)(H2,33,41)(H,42,43). The van der Waals surface area contributed by atoms with E-state index in [1.165, 1.54) is 22.3 Å². The summed E-state index contributed by atoms with van der Waals surface area (Å²) in [6.45, 7) is 0. The number of hydrogen-bond acceptors (Lipinski definition) is 12. The van der Waals surface area contributed by atoms with E-state index in [1.807, 2.05) is 0 Å². The molecule has 18 nitrogen and oxygen atoms in total. The summed E-state index contributed by atoms with van der Waals surface area (Å²) in [6.07, 6.45) is 0. The molecule has 0 saturated heterocycles. The average Bonchev–Trinajstić information content (AvgIpc) is 3.09. The second-order valence-electron chi connectivity index (χ2n) is 10.3. The van der Waals surface area contributed by atoms with Gasteiger partial charge in [-0.05, 0) is 42.0 Å². The summed E-state index contributed by atoms with van der Waals surface area (Å²) in [5.74, 6) is -6.33. The molecule has 20 heteroatoms. The molecule has 0 aliphatic carbocycles. The van der Waals surface area contributed by atoms with Crippen molar-refractivity contribution in [2.24, 2.45) is 28.0 Å². The van der Waals surface area contributed by atoms with Gasteiger partial charge in [-0.3, -0.25) is 19.2 Å². The number of carbonyl (C=O) groups excluding carboxylic acids is 4. The Morgan fingerprint density at radius 1 is 0.673 bits per heavy atom. The van der Waals surface area contributed by atoms with Crippen LogP contribution in [0.1, 0.15) is 51.8 Å². The first-order valence-corrected chi connectivity index (χ1v) is 16.3. The van der Waals surface area contributed by atoms with Gasteiger partial charge in [-0.1, -0.05) is 24.3 Å². The van der Waals surface area contributed by atoms with Crippen molar-refractivity contribution >= 4 is 66.7 Å². The van der Waals surface area contributed by atoms with Gasteiger partial charge in [0.25, 0.3) is 26.0 Å². The van der Waals surface area contributed by atoms with Crippen LogP contribution in [0.3, 0.4) is 0 Å². The topological polar surface area (TPSA) is 338 Å². The largest absolute Gasteiger partial charge is 0.478 e. The molecular weight excluding hydrogens is 684 g/mol. The van der Waals surface area contributed by atoms with Crippen molar-refractivity contribution in [3.05, 3.63) is 88.5 Å². The maximum absolute atomic E-state index is 13.6. The van der Waals surface area contributed by atoms with E-state index in [2.05, 4.69) is 10.4 Å². The maximum atomic E-state index is 13.6. The van der Waals surface area contributed by atoms with Gasteiger partial charge in [0.2, 0.25) is 17.7 Å². The van der Waals surface area contributed by atoms with E-state index in [0.717, 1.165) is 42.5 Å². The molecule has 4 aromatic rings. The fourth-order valence-corrected chi connectivity index (χ4v) is 8.87. The molecule has 4 amide bonds. The number of nitrogens with two attached hydrogens (primary N) is 4. The van der Waals surface area contributed by atoms with Gasteiger partial charge in [0, 0.05) is 16.7 Å². The van der Waals surface area contributed by atoms with Crippen LogP contribution in [-0.4, -0.2) is 51.5 Å². The molecule has 250 valence electrons. The Bertz CT molecular complexity index is 2450. The lowest BCUT2D eigenvalue weighted by Crippen LogP contribution is -2.30. The molecule has 5 rings (SSSR count). The molecule has 49 heavy (non-hydrogen) atoms. The summed E-state index contributed by atoms with van der Waals surface area (Å²) in [5, 5.41) is 16.2. The average molecular weight is 707 g/mol. The summed E-state index contributed by atoms with van der Waals surface area (Å²) in [6, 6.07) is 11.3. The summed E-state index contributed by atoms with van der Waals surface area (Å²) in [4.78, 5) is 60.5. The summed E-state index contributed by atoms with van der Waals surface area (Å²) < 4.78 is 55.0. The zero-order chi connectivity index (χ0) is 36.2. The van der Waals surface area contributed by atoms with Crippen LogP contribution in [0.4, 0.5) is 17.1 Å². The minimum atomic E-state index is -5.20. The van der Waals surface area contributed by atoms with Crippen molar-refractivity contribution in [3.63, 3.8) is 0 Å². The van der Waals surface area contributed by atoms with Gasteiger partial charge in [-0.2, -0.15) is 5.11 Å². The number of fused-ring (bicyclic) bond motifs is 3. The van der Waals surface area contributed by atoms with Crippen LogP contribution in [0.5, 0.6) is 0 Å². The highest BCUT2D eigenvalue weighted by Gasteiger charge is 2.39. The Labute approximate surface area is 275 Å². The second-order valence-corrected chi connectivity index (χ2v) is 13.8. The molecule has 1 heterocycles. The van der Waals surface area contributed by atoms with Crippen molar-refractivity contribution in [1.82, 2.24) is 4.13 Å². The lowest BCUT2D eigenvalue weighted by molar-refractivity contribution is 0.0693.